The van der Waals surface area contributed by atoms with Crippen molar-refractivity contribution in [3.8, 4) is 11.1 Å². The van der Waals surface area contributed by atoms with E-state index < -0.39 is 0 Å². The third-order valence-electron chi connectivity index (χ3n) is 11.6. The van der Waals surface area contributed by atoms with Crippen LogP contribution in [0.15, 0.2) is 195 Å². The second-order valence-corrected chi connectivity index (χ2v) is 14.7. The van der Waals surface area contributed by atoms with Gasteiger partial charge in [0.1, 0.15) is 33.5 Å². The average Bonchev–Trinajstić information content (AvgIpc) is 3.95. The lowest BCUT2D eigenvalue weighted by Crippen LogP contribution is -2.30. The van der Waals surface area contributed by atoms with Crippen LogP contribution in [0.25, 0.3) is 93.3 Å². The van der Waals surface area contributed by atoms with Gasteiger partial charge in [0.25, 0.3) is 0 Å². The molecule has 1 aliphatic rings. The summed E-state index contributed by atoms with van der Waals surface area (Å²) in [5, 5.41) is 9.04. The topological polar surface area (TPSA) is 42.7 Å². The van der Waals surface area contributed by atoms with Gasteiger partial charge in [-0.25, -0.2) is 0 Å². The van der Waals surface area contributed by atoms with E-state index in [0.717, 1.165) is 100 Å². The smallest absolute Gasteiger partial charge is 0.143 e. The minimum atomic E-state index is 0.0269. The van der Waals surface area contributed by atoms with Gasteiger partial charge in [-0.2, -0.15) is 0 Å². The highest BCUT2D eigenvalue weighted by Crippen LogP contribution is 2.45. The summed E-state index contributed by atoms with van der Waals surface area (Å²) in [6.45, 7) is 0. The lowest BCUT2D eigenvalue weighted by atomic mass is 9.93. The molecule has 0 amide bonds. The maximum Gasteiger partial charge on any atom is 0.143 e. The van der Waals surface area contributed by atoms with Gasteiger partial charge in [-0.15, -0.1) is 0 Å². The molecule has 1 aliphatic carbocycles. The molecule has 1 unspecified atom stereocenters. The molecule has 0 saturated carbocycles. The molecule has 0 radical (unpaired) electrons. The molecule has 56 heavy (non-hydrogen) atoms. The van der Waals surface area contributed by atoms with Gasteiger partial charge in [-0.05, 0) is 71.5 Å². The van der Waals surface area contributed by atoms with Gasteiger partial charge in [-0.3, -0.25) is 0 Å². The number of para-hydroxylation sites is 4. The molecule has 4 heteroatoms. The summed E-state index contributed by atoms with van der Waals surface area (Å²) in [6.07, 6.45) is 7.80. The predicted molar refractivity (Wildman–Crippen MR) is 232 cm³/mol. The summed E-state index contributed by atoms with van der Waals surface area (Å²) in [4.78, 5) is 2.47. The van der Waals surface area contributed by atoms with E-state index in [4.69, 9.17) is 13.3 Å². The fourth-order valence-electron chi connectivity index (χ4n) is 8.94. The summed E-state index contributed by atoms with van der Waals surface area (Å²) >= 11 is 0. The summed E-state index contributed by atoms with van der Waals surface area (Å²) in [6, 6.07) is 57.8. The van der Waals surface area contributed by atoms with Gasteiger partial charge >= 0.3 is 0 Å². The maximum absolute atomic E-state index is 6.88. The summed E-state index contributed by atoms with van der Waals surface area (Å²) < 4.78 is 19.5. The van der Waals surface area contributed by atoms with E-state index in [1.165, 1.54) is 16.5 Å². The molecule has 4 nitrogen and oxygen atoms in total. The number of hydrogen-bond acceptors (Lipinski definition) is 4. The van der Waals surface area contributed by atoms with E-state index >= 15 is 0 Å². The number of benzene rings is 8. The van der Waals surface area contributed by atoms with Crippen LogP contribution in [0.5, 0.6) is 0 Å². The molecule has 0 spiro atoms. The standard InChI is InChI=1S/C52H33NO3/c1-2-11-37-33(10-1)22-27-44-43-16-9-15-42(52(43)56-51(37)44)38-12-3-6-17-46(38)53(36-26-28-41-39-13-4-7-18-47(39)55-50(41)31-36)35-24-20-32(21-25-35)34-23-29-49-45(30-34)40-14-5-8-19-48(40)54-49/h1-24,26-31,35H,25H2. The Kier molecular flexibility index (Phi) is 6.72. The maximum atomic E-state index is 6.88. The Labute approximate surface area is 321 Å². The third-order valence-corrected chi connectivity index (χ3v) is 11.6. The Balaban J connectivity index is 1.01. The molecule has 0 bridgehead atoms. The monoisotopic (exact) mass is 719 g/mol. The van der Waals surface area contributed by atoms with Gasteiger partial charge in [-0.1, -0.05) is 127 Å². The highest BCUT2D eigenvalue weighted by Gasteiger charge is 2.26. The first-order valence-electron chi connectivity index (χ1n) is 19.2. The van der Waals surface area contributed by atoms with Crippen LogP contribution in [0.3, 0.4) is 0 Å². The van der Waals surface area contributed by atoms with Crippen molar-refractivity contribution >= 4 is 93.5 Å². The number of nitrogens with zero attached hydrogens (tertiary/aromatic N) is 1. The van der Waals surface area contributed by atoms with Crippen LogP contribution in [0, 0.1) is 0 Å². The highest BCUT2D eigenvalue weighted by atomic mass is 16.3. The van der Waals surface area contributed by atoms with Gasteiger partial charge in [0.05, 0.1) is 6.04 Å². The number of hydrogen-bond donors (Lipinski definition) is 0. The highest BCUT2D eigenvalue weighted by molar-refractivity contribution is 6.17. The molecular formula is C52H33NO3. The van der Waals surface area contributed by atoms with Crippen LogP contribution in [-0.2, 0) is 0 Å². The van der Waals surface area contributed by atoms with E-state index in [1.54, 1.807) is 0 Å². The molecule has 11 aromatic rings. The van der Waals surface area contributed by atoms with E-state index in [1.807, 2.05) is 24.3 Å². The van der Waals surface area contributed by atoms with Crippen LogP contribution in [-0.4, -0.2) is 6.04 Å². The van der Waals surface area contributed by atoms with E-state index in [2.05, 4.69) is 163 Å². The molecule has 1 atom stereocenters. The first-order chi connectivity index (χ1) is 27.7. The average molecular weight is 720 g/mol. The summed E-state index contributed by atoms with van der Waals surface area (Å²) in [5.74, 6) is 0. The van der Waals surface area contributed by atoms with Crippen LogP contribution in [0.1, 0.15) is 12.0 Å². The number of fused-ring (bicyclic) bond motifs is 11. The Morgan fingerprint density at radius 3 is 1.96 bits per heavy atom. The second kappa shape index (κ2) is 12.1. The van der Waals surface area contributed by atoms with Crippen LogP contribution >= 0.6 is 0 Å². The van der Waals surface area contributed by atoms with Crippen molar-refractivity contribution in [1.29, 1.82) is 0 Å². The van der Waals surface area contributed by atoms with E-state index in [-0.39, 0.29) is 6.04 Å². The predicted octanol–water partition coefficient (Wildman–Crippen LogP) is 14.8. The number of anilines is 2. The van der Waals surface area contributed by atoms with Crippen molar-refractivity contribution in [3.05, 3.63) is 188 Å². The minimum Gasteiger partial charge on any atom is -0.456 e. The zero-order valence-electron chi connectivity index (χ0n) is 30.3. The zero-order valence-corrected chi connectivity index (χ0v) is 30.3. The fourth-order valence-corrected chi connectivity index (χ4v) is 8.94. The SMILES string of the molecule is C1=CC(N(c2ccc3c(c2)oc2ccccc23)c2ccccc2-c2cccc3c2oc2c4ccccc4ccc32)CC=C1c1ccc2oc3ccccc3c2c1. The number of allylic oxidation sites excluding steroid dienone is 2. The number of furan rings is 3. The van der Waals surface area contributed by atoms with E-state index in [9.17, 15) is 0 Å². The Bertz CT molecular complexity index is 3430. The normalized spacial score (nSPS) is 14.6. The first-order valence-corrected chi connectivity index (χ1v) is 19.2. The minimum absolute atomic E-state index is 0.0269. The lowest BCUT2D eigenvalue weighted by molar-refractivity contribution is 0.668. The Hall–Kier alpha value is -7.30. The third kappa shape index (κ3) is 4.72. The first kappa shape index (κ1) is 31.1. The van der Waals surface area contributed by atoms with Gasteiger partial charge < -0.3 is 18.2 Å². The van der Waals surface area contributed by atoms with Gasteiger partial charge in [0, 0.05) is 66.3 Å². The van der Waals surface area contributed by atoms with Crippen LogP contribution < -0.4 is 4.90 Å². The molecule has 0 aliphatic heterocycles. The summed E-state index contributed by atoms with van der Waals surface area (Å²) in [7, 11) is 0. The molecule has 0 N–H and O–H groups in total. The van der Waals surface area contributed by atoms with Crippen molar-refractivity contribution in [1.82, 2.24) is 0 Å². The van der Waals surface area contributed by atoms with Crippen molar-refractivity contribution in [2.75, 3.05) is 4.90 Å². The fraction of sp³-hybridized carbons (Fsp3) is 0.0385. The molecule has 3 aromatic heterocycles. The molecule has 264 valence electrons. The lowest BCUT2D eigenvalue weighted by Gasteiger charge is -2.34. The molecular weight excluding hydrogens is 687 g/mol. The Morgan fingerprint density at radius 1 is 0.446 bits per heavy atom. The van der Waals surface area contributed by atoms with Gasteiger partial charge in [0.2, 0.25) is 0 Å². The zero-order chi connectivity index (χ0) is 36.7. The quantitative estimate of drug-likeness (QED) is 0.178. The Morgan fingerprint density at radius 2 is 1.11 bits per heavy atom. The molecule has 0 fully saturated rings. The molecule has 8 aromatic carbocycles. The largest absolute Gasteiger partial charge is 0.456 e. The number of rotatable bonds is 5. The second-order valence-electron chi connectivity index (χ2n) is 14.7. The van der Waals surface area contributed by atoms with Crippen molar-refractivity contribution in [2.45, 2.75) is 12.5 Å². The molecule has 3 heterocycles. The summed E-state index contributed by atoms with van der Waals surface area (Å²) in [5.41, 5.74) is 12.1. The van der Waals surface area contributed by atoms with Crippen LogP contribution in [0.4, 0.5) is 11.4 Å². The molecule has 12 rings (SSSR count). The van der Waals surface area contributed by atoms with Crippen molar-refractivity contribution in [3.63, 3.8) is 0 Å². The van der Waals surface area contributed by atoms with Crippen LogP contribution in [0.2, 0.25) is 0 Å². The van der Waals surface area contributed by atoms with Crippen molar-refractivity contribution in [2.24, 2.45) is 0 Å². The van der Waals surface area contributed by atoms with Gasteiger partial charge in [0.15, 0.2) is 0 Å². The molecule has 0 saturated heterocycles. The van der Waals surface area contributed by atoms with E-state index in [0.29, 0.717) is 0 Å². The van der Waals surface area contributed by atoms with Crippen molar-refractivity contribution < 1.29 is 13.3 Å².